The fourth-order valence-corrected chi connectivity index (χ4v) is 3.31. The van der Waals surface area contributed by atoms with Gasteiger partial charge in [-0.1, -0.05) is 25.1 Å². The van der Waals surface area contributed by atoms with E-state index in [1.165, 1.54) is 0 Å². The van der Waals surface area contributed by atoms with Crippen LogP contribution in [0.3, 0.4) is 0 Å². The maximum Gasteiger partial charge on any atom is 0.274 e. The number of nitrogens with one attached hydrogen (secondary N) is 1. The Bertz CT molecular complexity index is 1150. The maximum atomic E-state index is 13.0. The molecule has 0 aliphatic heterocycles. The number of benzene rings is 1. The summed E-state index contributed by atoms with van der Waals surface area (Å²) in [5, 5.41) is 11.0. The highest BCUT2D eigenvalue weighted by Crippen LogP contribution is 2.26. The average Bonchev–Trinajstić information content (AvgIpc) is 3.19. The third-order valence-corrected chi connectivity index (χ3v) is 4.69. The zero-order valence-electron chi connectivity index (χ0n) is 16.2. The van der Waals surface area contributed by atoms with Crippen LogP contribution in [-0.4, -0.2) is 30.6 Å². The minimum atomic E-state index is -0.247. The van der Waals surface area contributed by atoms with Gasteiger partial charge in [-0.2, -0.15) is 0 Å². The first-order valence-corrected chi connectivity index (χ1v) is 9.31. The van der Waals surface area contributed by atoms with Crippen molar-refractivity contribution >= 4 is 11.6 Å². The zero-order chi connectivity index (χ0) is 20.2. The molecule has 0 aliphatic carbocycles. The number of amides is 1. The second kappa shape index (κ2) is 8.02. The van der Waals surface area contributed by atoms with E-state index in [9.17, 15) is 4.79 Å². The first kappa shape index (κ1) is 18.5. The van der Waals surface area contributed by atoms with E-state index in [1.807, 2.05) is 61.0 Å². The van der Waals surface area contributed by atoms with Gasteiger partial charge in [0.1, 0.15) is 12.0 Å². The number of carbonyl (C=O) groups is 1. The van der Waals surface area contributed by atoms with Gasteiger partial charge in [-0.05, 0) is 41.8 Å². The molecule has 1 amide bonds. The molecule has 0 spiro atoms. The van der Waals surface area contributed by atoms with E-state index in [0.717, 1.165) is 28.1 Å². The smallest absolute Gasteiger partial charge is 0.274 e. The van der Waals surface area contributed by atoms with Crippen molar-refractivity contribution in [2.45, 2.75) is 13.3 Å². The summed E-state index contributed by atoms with van der Waals surface area (Å²) < 4.78 is 1.83. The Balaban J connectivity index is 1.65. The molecule has 0 saturated carbocycles. The third-order valence-electron chi connectivity index (χ3n) is 4.69. The monoisotopic (exact) mass is 384 g/mol. The van der Waals surface area contributed by atoms with E-state index in [2.05, 4.69) is 25.5 Å². The highest BCUT2D eigenvalue weighted by atomic mass is 16.1. The number of hydrogen-bond donors (Lipinski definition) is 1. The fourth-order valence-electron chi connectivity index (χ4n) is 3.31. The predicted octanol–water partition coefficient (Wildman–Crippen LogP) is 3.75. The quantitative estimate of drug-likeness (QED) is 0.566. The minimum Gasteiger partial charge on any atom is -0.321 e. The van der Waals surface area contributed by atoms with Crippen LogP contribution in [0.25, 0.3) is 22.5 Å². The van der Waals surface area contributed by atoms with Crippen molar-refractivity contribution in [1.82, 2.24) is 24.7 Å². The van der Waals surface area contributed by atoms with Crippen LogP contribution >= 0.6 is 0 Å². The lowest BCUT2D eigenvalue weighted by Gasteiger charge is -2.13. The lowest BCUT2D eigenvalue weighted by atomic mass is 9.98. The average molecular weight is 384 g/mol. The molecule has 0 radical (unpaired) electrons. The van der Waals surface area contributed by atoms with Crippen molar-refractivity contribution in [2.75, 3.05) is 5.32 Å². The second-order valence-corrected chi connectivity index (χ2v) is 6.58. The van der Waals surface area contributed by atoms with E-state index >= 15 is 0 Å². The Morgan fingerprint density at radius 1 is 1.10 bits per heavy atom. The van der Waals surface area contributed by atoms with E-state index in [1.54, 1.807) is 24.9 Å². The molecule has 4 aromatic rings. The Hall–Kier alpha value is -3.87. The van der Waals surface area contributed by atoms with E-state index in [0.29, 0.717) is 17.8 Å². The number of nitrogens with zero attached hydrogens (tertiary/aromatic N) is 5. The molecule has 0 fully saturated rings. The van der Waals surface area contributed by atoms with Crippen molar-refractivity contribution in [2.24, 2.45) is 7.05 Å². The van der Waals surface area contributed by atoms with Crippen LogP contribution in [0.5, 0.6) is 0 Å². The van der Waals surface area contributed by atoms with E-state index < -0.39 is 0 Å². The van der Waals surface area contributed by atoms with Gasteiger partial charge in [0.05, 0.1) is 0 Å². The zero-order valence-corrected chi connectivity index (χ0v) is 16.2. The standard InChI is InChI=1S/C22H20N6O/c1-3-18-19(16-7-5-10-23-13-16)9-11-24-20(18)22(29)26-17-8-4-6-15(12-17)21-27-25-14-28(21)2/h4-14H,3H2,1-2H3,(H,26,29). The summed E-state index contributed by atoms with van der Waals surface area (Å²) in [7, 11) is 1.88. The number of aryl methyl sites for hydroxylation is 1. The molecule has 7 nitrogen and oxygen atoms in total. The van der Waals surface area contributed by atoms with Gasteiger partial charge in [0.25, 0.3) is 5.91 Å². The maximum absolute atomic E-state index is 13.0. The van der Waals surface area contributed by atoms with Crippen molar-refractivity contribution in [3.8, 4) is 22.5 Å². The minimum absolute atomic E-state index is 0.247. The van der Waals surface area contributed by atoms with Gasteiger partial charge < -0.3 is 9.88 Å². The molecule has 7 heteroatoms. The molecule has 4 rings (SSSR count). The largest absolute Gasteiger partial charge is 0.321 e. The van der Waals surface area contributed by atoms with Crippen LogP contribution in [0.4, 0.5) is 5.69 Å². The van der Waals surface area contributed by atoms with Crippen molar-refractivity contribution in [3.05, 3.63) is 78.6 Å². The van der Waals surface area contributed by atoms with Crippen LogP contribution in [-0.2, 0) is 13.5 Å². The summed E-state index contributed by atoms with van der Waals surface area (Å²) in [5.41, 5.74) is 4.78. The molecular formula is C22H20N6O. The number of aromatic nitrogens is 5. The topological polar surface area (TPSA) is 85.6 Å². The summed E-state index contributed by atoms with van der Waals surface area (Å²) in [6, 6.07) is 13.3. The Morgan fingerprint density at radius 3 is 2.69 bits per heavy atom. The van der Waals surface area contributed by atoms with Crippen LogP contribution < -0.4 is 5.32 Å². The van der Waals surface area contributed by atoms with Gasteiger partial charge in [-0.25, -0.2) is 0 Å². The highest BCUT2D eigenvalue weighted by Gasteiger charge is 2.17. The molecule has 0 atom stereocenters. The number of carbonyl (C=O) groups excluding carboxylic acids is 1. The van der Waals surface area contributed by atoms with Gasteiger partial charge in [-0.15, -0.1) is 10.2 Å². The molecule has 144 valence electrons. The summed E-state index contributed by atoms with van der Waals surface area (Å²) in [4.78, 5) is 21.6. The molecule has 3 heterocycles. The van der Waals surface area contributed by atoms with Crippen LogP contribution in [0.1, 0.15) is 23.0 Å². The van der Waals surface area contributed by atoms with Crippen LogP contribution in [0, 0.1) is 0 Å². The van der Waals surface area contributed by atoms with Crippen molar-refractivity contribution in [1.29, 1.82) is 0 Å². The summed E-state index contributed by atoms with van der Waals surface area (Å²) in [6.07, 6.45) is 7.50. The molecule has 1 aromatic carbocycles. The van der Waals surface area contributed by atoms with E-state index in [-0.39, 0.29) is 5.91 Å². The molecular weight excluding hydrogens is 364 g/mol. The van der Waals surface area contributed by atoms with Gasteiger partial charge in [0.15, 0.2) is 5.82 Å². The number of hydrogen-bond acceptors (Lipinski definition) is 5. The van der Waals surface area contributed by atoms with Crippen LogP contribution in [0.2, 0.25) is 0 Å². The Kier molecular flexibility index (Phi) is 5.11. The summed E-state index contributed by atoms with van der Waals surface area (Å²) >= 11 is 0. The molecule has 29 heavy (non-hydrogen) atoms. The second-order valence-electron chi connectivity index (χ2n) is 6.58. The van der Waals surface area contributed by atoms with Gasteiger partial charge in [-0.3, -0.25) is 14.8 Å². The molecule has 0 saturated heterocycles. The normalized spacial score (nSPS) is 10.7. The highest BCUT2D eigenvalue weighted by molar-refractivity contribution is 6.05. The first-order valence-electron chi connectivity index (χ1n) is 9.31. The van der Waals surface area contributed by atoms with Crippen molar-refractivity contribution < 1.29 is 4.79 Å². The van der Waals surface area contributed by atoms with E-state index in [4.69, 9.17) is 0 Å². The fraction of sp³-hybridized carbons (Fsp3) is 0.136. The van der Waals surface area contributed by atoms with Crippen LogP contribution in [0.15, 0.2) is 67.4 Å². The first-order chi connectivity index (χ1) is 14.2. The molecule has 1 N–H and O–H groups in total. The third kappa shape index (κ3) is 3.75. The number of anilines is 1. The summed E-state index contributed by atoms with van der Waals surface area (Å²) in [5.74, 6) is 0.481. The Labute approximate surface area is 168 Å². The number of rotatable bonds is 5. The SMILES string of the molecule is CCc1c(-c2cccnc2)ccnc1C(=O)Nc1cccc(-c2nncn2C)c1. The lowest BCUT2D eigenvalue weighted by molar-refractivity contribution is 0.102. The molecule has 0 aliphatic rings. The Morgan fingerprint density at radius 2 is 1.97 bits per heavy atom. The predicted molar refractivity (Wildman–Crippen MR) is 111 cm³/mol. The van der Waals surface area contributed by atoms with Gasteiger partial charge in [0.2, 0.25) is 0 Å². The van der Waals surface area contributed by atoms with Crippen molar-refractivity contribution in [3.63, 3.8) is 0 Å². The summed E-state index contributed by atoms with van der Waals surface area (Å²) in [6.45, 7) is 2.02. The molecule has 0 unspecified atom stereocenters. The molecule has 3 aromatic heterocycles. The molecule has 0 bridgehead atoms. The number of pyridine rings is 2. The van der Waals surface area contributed by atoms with Gasteiger partial charge >= 0.3 is 0 Å². The van der Waals surface area contributed by atoms with Gasteiger partial charge in [0, 0.05) is 42.5 Å². The lowest BCUT2D eigenvalue weighted by Crippen LogP contribution is -2.16.